The van der Waals surface area contributed by atoms with Gasteiger partial charge in [0.05, 0.1) is 24.2 Å². The molecular formula is C39H55ClN4O6S. The third kappa shape index (κ3) is 9.11. The number of hydrogen-bond donors (Lipinski definition) is 2. The summed E-state index contributed by atoms with van der Waals surface area (Å²) in [6.45, 7) is 11.4. The molecule has 6 rings (SSSR count). The second kappa shape index (κ2) is 17.0. The van der Waals surface area contributed by atoms with Gasteiger partial charge in [0.1, 0.15) is 18.0 Å². The van der Waals surface area contributed by atoms with Crippen molar-refractivity contribution in [2.45, 2.75) is 69.8 Å². The summed E-state index contributed by atoms with van der Waals surface area (Å²) in [5.41, 5.74) is 2.81. The summed E-state index contributed by atoms with van der Waals surface area (Å²) in [6, 6.07) is 11.2. The number of fused-ring (bicyclic) bond motifs is 3. The standard InChI is InChI=1S/C39H55ClN4O6S/c1-28-7-6-15-39(48-3,27-41-16-18-43-19-21-49-22-20-43)35-13-10-32(35)25-44-17-5-4-8-30-23-34(40)12-9-33(30)26-50-37-14-11-31(24-36(37)44)38(45)42-51(46,47)29(28)2/h6,9,11-12,14-15,23-24,28-29,32,35,41H,4-5,7-8,10,13,16-22,25-27H2,1-3H3,(H,42,45)/b15-6+/t28-,29+,32-,35+,39+/m0/s1. The van der Waals surface area contributed by atoms with Gasteiger partial charge in [-0.25, -0.2) is 13.1 Å². The van der Waals surface area contributed by atoms with Gasteiger partial charge in [0.25, 0.3) is 5.91 Å². The number of ether oxygens (including phenoxy) is 3. The molecule has 12 heteroatoms. The molecule has 4 aliphatic rings. The predicted molar refractivity (Wildman–Crippen MR) is 202 cm³/mol. The summed E-state index contributed by atoms with van der Waals surface area (Å²) in [5.74, 6) is 0.399. The van der Waals surface area contributed by atoms with E-state index in [0.717, 1.165) is 95.8 Å². The van der Waals surface area contributed by atoms with Gasteiger partial charge in [-0.05, 0) is 105 Å². The zero-order chi connectivity index (χ0) is 36.0. The van der Waals surface area contributed by atoms with Crippen LogP contribution >= 0.6 is 11.6 Å². The minimum atomic E-state index is -3.95. The summed E-state index contributed by atoms with van der Waals surface area (Å²) in [7, 11) is -2.15. The molecule has 1 saturated heterocycles. The highest BCUT2D eigenvalue weighted by Crippen LogP contribution is 2.46. The first kappa shape index (κ1) is 38.1. The van der Waals surface area contributed by atoms with Gasteiger partial charge in [0.2, 0.25) is 10.0 Å². The van der Waals surface area contributed by atoms with Crippen LogP contribution in [0.2, 0.25) is 5.02 Å². The third-order valence-electron chi connectivity index (χ3n) is 11.7. The number of hydrogen-bond acceptors (Lipinski definition) is 9. The molecule has 2 fully saturated rings. The number of carbonyl (C=O) groups is 1. The van der Waals surface area contributed by atoms with Crippen LogP contribution in [0, 0.1) is 17.8 Å². The van der Waals surface area contributed by atoms with Gasteiger partial charge in [-0.2, -0.15) is 0 Å². The number of nitrogens with zero attached hydrogens (tertiary/aromatic N) is 2. The van der Waals surface area contributed by atoms with Crippen LogP contribution < -0.4 is 19.7 Å². The van der Waals surface area contributed by atoms with Crippen LogP contribution in [0.3, 0.4) is 0 Å². The second-order valence-electron chi connectivity index (χ2n) is 14.8. The molecule has 1 amide bonds. The van der Waals surface area contributed by atoms with E-state index in [4.69, 9.17) is 25.8 Å². The maximum Gasteiger partial charge on any atom is 0.264 e. The number of benzene rings is 2. The van der Waals surface area contributed by atoms with Crippen molar-refractivity contribution < 1.29 is 27.4 Å². The number of methoxy groups -OCH3 is 1. The van der Waals surface area contributed by atoms with Gasteiger partial charge < -0.3 is 24.4 Å². The maximum atomic E-state index is 13.6. The summed E-state index contributed by atoms with van der Waals surface area (Å²) in [5, 5.41) is 3.66. The highest BCUT2D eigenvalue weighted by molar-refractivity contribution is 7.90. The molecule has 2 N–H and O–H groups in total. The molecule has 1 aliphatic carbocycles. The Balaban J connectivity index is 1.33. The largest absolute Gasteiger partial charge is 0.487 e. The summed E-state index contributed by atoms with van der Waals surface area (Å²) < 4.78 is 48.0. The molecule has 1 saturated carbocycles. The number of nitrogens with one attached hydrogen (secondary N) is 2. The summed E-state index contributed by atoms with van der Waals surface area (Å²) in [4.78, 5) is 18.3. The topological polar surface area (TPSA) is 109 Å². The van der Waals surface area contributed by atoms with Crippen molar-refractivity contribution >= 4 is 33.2 Å². The van der Waals surface area contributed by atoms with Gasteiger partial charge in [0.15, 0.2) is 0 Å². The third-order valence-corrected chi connectivity index (χ3v) is 13.8. The van der Waals surface area contributed by atoms with Crippen LogP contribution in [0.25, 0.3) is 0 Å². The number of rotatable bonds is 6. The molecule has 51 heavy (non-hydrogen) atoms. The molecule has 2 aromatic rings. The fourth-order valence-corrected chi connectivity index (χ4v) is 9.48. The Hall–Kier alpha value is -2.67. The SMILES string of the molecule is CO[C@@]1(CNCCN2CCOCC2)/C=C/C[C@H](C)[C@@H](C)S(=O)(=O)NC(=O)c2ccc3c(c2)N(CCCCc2cc(Cl)ccc2CO3)C[C@@H]2CC[C@H]21. The van der Waals surface area contributed by atoms with Crippen molar-refractivity contribution in [3.63, 3.8) is 0 Å². The predicted octanol–water partition coefficient (Wildman–Crippen LogP) is 5.44. The quantitative estimate of drug-likeness (QED) is 0.296. The van der Waals surface area contributed by atoms with Crippen molar-refractivity contribution in [2.24, 2.45) is 17.8 Å². The zero-order valence-corrected chi connectivity index (χ0v) is 31.9. The van der Waals surface area contributed by atoms with Gasteiger partial charge >= 0.3 is 0 Å². The molecular weight excluding hydrogens is 688 g/mol. The molecule has 5 atom stereocenters. The van der Waals surface area contributed by atoms with Crippen LogP contribution in [0.1, 0.15) is 67.4 Å². The molecule has 280 valence electrons. The molecule has 10 nitrogen and oxygen atoms in total. The Kier molecular flexibility index (Phi) is 12.7. The highest BCUT2D eigenvalue weighted by Gasteiger charge is 2.47. The van der Waals surface area contributed by atoms with Crippen LogP contribution in [0.5, 0.6) is 5.75 Å². The van der Waals surface area contributed by atoms with Gasteiger partial charge in [-0.3, -0.25) is 9.69 Å². The van der Waals surface area contributed by atoms with E-state index in [-0.39, 0.29) is 11.8 Å². The normalized spacial score (nSPS) is 29.6. The van der Waals surface area contributed by atoms with Crippen molar-refractivity contribution in [3.8, 4) is 5.75 Å². The lowest BCUT2D eigenvalue weighted by Crippen LogP contribution is -2.56. The molecule has 0 radical (unpaired) electrons. The lowest BCUT2D eigenvalue weighted by atomic mass is 9.64. The smallest absolute Gasteiger partial charge is 0.264 e. The van der Waals surface area contributed by atoms with Crippen molar-refractivity contribution in [3.05, 3.63) is 70.3 Å². The lowest BCUT2D eigenvalue weighted by Gasteiger charge is -2.50. The number of morpholine rings is 1. The van der Waals surface area contributed by atoms with Gasteiger partial charge in [-0.1, -0.05) is 36.7 Å². The minimum absolute atomic E-state index is 0.227. The van der Waals surface area contributed by atoms with E-state index in [1.165, 1.54) is 5.56 Å². The van der Waals surface area contributed by atoms with Crippen LogP contribution in [-0.4, -0.2) is 96.2 Å². The number of anilines is 1. The average molecular weight is 743 g/mol. The van der Waals surface area contributed by atoms with Crippen LogP contribution in [0.15, 0.2) is 48.6 Å². The fraction of sp³-hybridized carbons (Fsp3) is 0.615. The maximum absolute atomic E-state index is 13.6. The van der Waals surface area contributed by atoms with Crippen molar-refractivity contribution in [2.75, 3.05) is 71.0 Å². The van der Waals surface area contributed by atoms with E-state index in [2.05, 4.69) is 32.0 Å². The van der Waals surface area contributed by atoms with Crippen LogP contribution in [0.4, 0.5) is 5.69 Å². The number of allylic oxidation sites excluding steroid dienone is 1. The molecule has 0 aromatic heterocycles. The number of carbonyl (C=O) groups excluding carboxylic acids is 1. The van der Waals surface area contributed by atoms with E-state index in [1.54, 1.807) is 20.1 Å². The van der Waals surface area contributed by atoms with Gasteiger partial charge in [0, 0.05) is 63.5 Å². The Bertz CT molecular complexity index is 1650. The summed E-state index contributed by atoms with van der Waals surface area (Å²) in [6.07, 6.45) is 9.73. The molecule has 3 aliphatic heterocycles. The molecule has 0 spiro atoms. The number of aryl methyl sites for hydroxylation is 1. The van der Waals surface area contributed by atoms with E-state index >= 15 is 0 Å². The first-order valence-electron chi connectivity index (χ1n) is 18.7. The second-order valence-corrected chi connectivity index (χ2v) is 17.3. The first-order chi connectivity index (χ1) is 24.6. The Labute approximate surface area is 309 Å². The monoisotopic (exact) mass is 742 g/mol. The lowest BCUT2D eigenvalue weighted by molar-refractivity contribution is -0.0734. The van der Waals surface area contributed by atoms with Gasteiger partial charge in [-0.15, -0.1) is 0 Å². The number of sulfonamides is 1. The Morgan fingerprint density at radius 2 is 1.88 bits per heavy atom. The molecule has 2 aromatic carbocycles. The summed E-state index contributed by atoms with van der Waals surface area (Å²) >= 11 is 6.39. The average Bonchev–Trinajstić information content (AvgIpc) is 3.14. The number of amides is 1. The Morgan fingerprint density at radius 3 is 2.65 bits per heavy atom. The van der Waals surface area contributed by atoms with E-state index < -0.39 is 26.8 Å². The first-order valence-corrected chi connectivity index (χ1v) is 20.6. The zero-order valence-electron chi connectivity index (χ0n) is 30.4. The van der Waals surface area contributed by atoms with Crippen molar-refractivity contribution in [1.29, 1.82) is 0 Å². The molecule has 0 unspecified atom stereocenters. The van der Waals surface area contributed by atoms with Crippen molar-refractivity contribution in [1.82, 2.24) is 14.9 Å². The van der Waals surface area contributed by atoms with E-state index in [1.807, 2.05) is 37.3 Å². The molecule has 3 heterocycles. The van der Waals surface area contributed by atoms with E-state index in [0.29, 0.717) is 41.8 Å². The minimum Gasteiger partial charge on any atom is -0.487 e. The van der Waals surface area contributed by atoms with Crippen LogP contribution in [-0.2, 0) is 32.5 Å². The Morgan fingerprint density at radius 1 is 1.06 bits per heavy atom. The number of halogens is 1. The highest BCUT2D eigenvalue weighted by atomic mass is 35.5. The fourth-order valence-electron chi connectivity index (χ4n) is 8.01. The molecule has 2 bridgehead atoms. The van der Waals surface area contributed by atoms with E-state index in [9.17, 15) is 13.2 Å².